The van der Waals surface area contributed by atoms with Crippen LogP contribution in [0.3, 0.4) is 0 Å². The SMILES string of the molecule is COc1cc[nH]c(=O)c1-n1c(CS(=O)(=O)[C@@H](C)[C@H](C)c2ncc(C)cn2)nnc1-c1ccc(C)o1.COc1cc[nH]c(=O)c1-n1c(CS(=O)(=O)[C@@H](C)[C@H](C)c2ncc(C)cn2)nnc1-c1ccc(C)o1. The summed E-state index contributed by atoms with van der Waals surface area (Å²) in [7, 11) is -4.73. The van der Waals surface area contributed by atoms with Crippen LogP contribution in [0.2, 0.25) is 0 Å². The van der Waals surface area contributed by atoms with Gasteiger partial charge in [0.15, 0.2) is 54.2 Å². The van der Waals surface area contributed by atoms with Crippen molar-refractivity contribution in [3.8, 4) is 46.0 Å². The molecule has 2 N–H and O–H groups in total. The maximum Gasteiger partial charge on any atom is 0.276 e. The van der Waals surface area contributed by atoms with Gasteiger partial charge in [-0.15, -0.1) is 20.4 Å². The van der Waals surface area contributed by atoms with Crippen molar-refractivity contribution < 1.29 is 35.1 Å². The minimum absolute atomic E-state index is 0.0490. The van der Waals surface area contributed by atoms with Gasteiger partial charge in [-0.05, 0) is 89.1 Å². The largest absolute Gasteiger partial charge is 0.494 e. The van der Waals surface area contributed by atoms with Gasteiger partial charge >= 0.3 is 0 Å². The van der Waals surface area contributed by atoms with Gasteiger partial charge in [0.1, 0.15) is 46.2 Å². The third-order valence-electron chi connectivity index (χ3n) is 11.7. The fraction of sp³-hybridized carbons (Fsp3) is 0.348. The number of aromatic amines is 2. The molecule has 0 radical (unpaired) electrons. The number of methoxy groups -OCH3 is 2. The maximum atomic E-state index is 13.5. The zero-order valence-corrected chi connectivity index (χ0v) is 41.7. The van der Waals surface area contributed by atoms with Crippen molar-refractivity contribution in [2.75, 3.05) is 14.2 Å². The van der Waals surface area contributed by atoms with Crippen molar-refractivity contribution >= 4 is 19.7 Å². The molecule has 0 saturated carbocycles. The third kappa shape index (κ3) is 10.5. The minimum Gasteiger partial charge on any atom is -0.494 e. The van der Waals surface area contributed by atoms with E-state index in [0.717, 1.165) is 11.1 Å². The van der Waals surface area contributed by atoms with Crippen molar-refractivity contribution in [1.29, 1.82) is 0 Å². The molecule has 368 valence electrons. The molecule has 0 aromatic carbocycles. The monoisotopic (exact) mass is 996 g/mol. The van der Waals surface area contributed by atoms with E-state index in [4.69, 9.17) is 18.3 Å². The molecular weight excluding hydrogens is 945 g/mol. The lowest BCUT2D eigenvalue weighted by molar-refractivity contribution is 0.411. The molecule has 0 saturated heterocycles. The number of nitrogens with one attached hydrogen (secondary N) is 2. The molecule has 0 aliphatic carbocycles. The highest BCUT2D eigenvalue weighted by atomic mass is 32.2. The standard InChI is InChI=1S/2C23H26N6O5S/c2*1-13-10-25-21(26-11-13)15(3)16(4)35(31,32)12-19-27-28-22(18-7-6-14(2)34-18)29(19)20-17(33-5)8-9-24-23(20)30/h2*6-11,15-16H,12H2,1-5H3,(H,24,30)/t2*15-,16-/m00/s1. The summed E-state index contributed by atoms with van der Waals surface area (Å²) in [5.41, 5.74) is 0.872. The maximum absolute atomic E-state index is 13.5. The first-order valence-corrected chi connectivity index (χ1v) is 25.2. The van der Waals surface area contributed by atoms with Crippen LogP contribution in [0.25, 0.3) is 34.5 Å². The molecule has 0 amide bonds. The lowest BCUT2D eigenvalue weighted by Crippen LogP contribution is -2.28. The summed E-state index contributed by atoms with van der Waals surface area (Å²) in [6.07, 6.45) is 9.49. The Balaban J connectivity index is 0.000000206. The Morgan fingerprint density at radius 3 is 1.23 bits per heavy atom. The molecule has 0 fully saturated rings. The van der Waals surface area contributed by atoms with Gasteiger partial charge < -0.3 is 28.3 Å². The highest BCUT2D eigenvalue weighted by Crippen LogP contribution is 2.32. The normalized spacial score (nSPS) is 13.5. The number of hydrogen-bond donors (Lipinski definition) is 2. The smallest absolute Gasteiger partial charge is 0.276 e. The lowest BCUT2D eigenvalue weighted by Gasteiger charge is -2.19. The molecule has 8 aromatic heterocycles. The number of furan rings is 2. The van der Waals surface area contributed by atoms with Gasteiger partial charge in [-0.3, -0.25) is 18.7 Å². The lowest BCUT2D eigenvalue weighted by atomic mass is 10.1. The molecule has 22 nitrogen and oxygen atoms in total. The molecule has 8 rings (SSSR count). The Hall–Kier alpha value is -7.60. The molecule has 4 atom stereocenters. The van der Waals surface area contributed by atoms with Crippen LogP contribution in [0.4, 0.5) is 0 Å². The second-order valence-corrected chi connectivity index (χ2v) is 21.4. The van der Waals surface area contributed by atoms with E-state index in [-0.39, 0.29) is 46.2 Å². The number of pyridine rings is 2. The van der Waals surface area contributed by atoms with Crippen LogP contribution in [-0.4, -0.2) is 101 Å². The third-order valence-corrected chi connectivity index (χ3v) is 16.1. The van der Waals surface area contributed by atoms with Crippen LogP contribution >= 0.6 is 0 Å². The molecule has 0 unspecified atom stereocenters. The average Bonchev–Trinajstić information content (AvgIpc) is 4.15. The van der Waals surface area contributed by atoms with Crippen molar-refractivity contribution in [1.82, 2.24) is 59.4 Å². The van der Waals surface area contributed by atoms with E-state index in [2.05, 4.69) is 50.3 Å². The summed E-state index contributed by atoms with van der Waals surface area (Å²) in [6, 6.07) is 9.96. The van der Waals surface area contributed by atoms with Crippen LogP contribution in [0.15, 0.2) is 92.0 Å². The van der Waals surface area contributed by atoms with Crippen molar-refractivity contribution in [3.05, 3.63) is 140 Å². The van der Waals surface area contributed by atoms with E-state index in [1.165, 1.54) is 35.7 Å². The van der Waals surface area contributed by atoms with E-state index in [9.17, 15) is 26.4 Å². The topological polar surface area (TPSA) is 292 Å². The van der Waals surface area contributed by atoms with Gasteiger partial charge in [0, 0.05) is 49.0 Å². The number of aromatic nitrogens is 12. The summed E-state index contributed by atoms with van der Waals surface area (Å²) in [6.45, 7) is 14.0. The Morgan fingerprint density at radius 1 is 0.557 bits per heavy atom. The number of sulfone groups is 2. The van der Waals surface area contributed by atoms with Crippen LogP contribution in [0, 0.1) is 27.7 Å². The summed E-state index contributed by atoms with van der Waals surface area (Å²) in [5.74, 6) is 1.79. The van der Waals surface area contributed by atoms with E-state index in [1.54, 1.807) is 103 Å². The predicted molar refractivity (Wildman–Crippen MR) is 256 cm³/mol. The molecule has 24 heteroatoms. The molecule has 0 aliphatic rings. The Bertz CT molecular complexity index is 3240. The van der Waals surface area contributed by atoms with Gasteiger partial charge in [0.2, 0.25) is 11.6 Å². The van der Waals surface area contributed by atoms with Gasteiger partial charge in [0.05, 0.1) is 24.7 Å². The molecule has 0 aliphatic heterocycles. The Morgan fingerprint density at radius 2 is 0.914 bits per heavy atom. The fourth-order valence-corrected chi connectivity index (χ4v) is 10.4. The Labute approximate surface area is 402 Å². The van der Waals surface area contributed by atoms with E-state index in [1.807, 2.05) is 13.8 Å². The van der Waals surface area contributed by atoms with Gasteiger partial charge in [-0.1, -0.05) is 13.8 Å². The molecular formula is C46H52N12O10S2. The summed E-state index contributed by atoms with van der Waals surface area (Å²) >= 11 is 0. The molecule has 70 heavy (non-hydrogen) atoms. The van der Waals surface area contributed by atoms with Crippen molar-refractivity contribution in [2.45, 2.75) is 89.2 Å². The first-order valence-electron chi connectivity index (χ1n) is 21.8. The van der Waals surface area contributed by atoms with E-state index < -0.39 is 64.6 Å². The molecule has 0 bridgehead atoms. The van der Waals surface area contributed by atoms with Crippen LogP contribution in [0.1, 0.15) is 85.5 Å². The zero-order valence-electron chi connectivity index (χ0n) is 40.0. The summed E-state index contributed by atoms with van der Waals surface area (Å²) < 4.78 is 78.8. The molecule has 8 aromatic rings. The van der Waals surface area contributed by atoms with Crippen LogP contribution in [0.5, 0.6) is 11.5 Å². The number of aryl methyl sites for hydroxylation is 4. The fourth-order valence-electron chi connectivity index (χ4n) is 7.32. The second kappa shape index (κ2) is 20.6. The number of H-pyrrole nitrogens is 2. The summed E-state index contributed by atoms with van der Waals surface area (Å²) in [4.78, 5) is 48.0. The van der Waals surface area contributed by atoms with E-state index >= 15 is 0 Å². The number of nitrogens with zero attached hydrogens (tertiary/aromatic N) is 10. The van der Waals surface area contributed by atoms with Crippen LogP contribution in [-0.2, 0) is 31.2 Å². The predicted octanol–water partition coefficient (Wildman–Crippen LogP) is 5.48. The Kier molecular flexibility index (Phi) is 14.8. The number of rotatable bonds is 16. The highest BCUT2D eigenvalue weighted by molar-refractivity contribution is 7.91. The number of hydrogen-bond acceptors (Lipinski definition) is 18. The summed E-state index contributed by atoms with van der Waals surface area (Å²) in [5, 5.41) is 15.0. The van der Waals surface area contributed by atoms with E-state index in [0.29, 0.717) is 34.7 Å². The molecule has 8 heterocycles. The second-order valence-electron chi connectivity index (χ2n) is 16.7. The highest BCUT2D eigenvalue weighted by Gasteiger charge is 2.35. The average molecular weight is 997 g/mol. The van der Waals surface area contributed by atoms with Gasteiger partial charge in [-0.25, -0.2) is 36.8 Å². The van der Waals surface area contributed by atoms with Gasteiger partial charge in [-0.2, -0.15) is 0 Å². The first-order chi connectivity index (χ1) is 33.2. The van der Waals surface area contributed by atoms with Crippen LogP contribution < -0.4 is 20.6 Å². The van der Waals surface area contributed by atoms with Crippen molar-refractivity contribution in [2.24, 2.45) is 0 Å². The van der Waals surface area contributed by atoms with Gasteiger partial charge in [0.25, 0.3) is 11.1 Å². The first kappa shape index (κ1) is 50.3. The minimum atomic E-state index is -3.78. The van der Waals surface area contributed by atoms with Crippen molar-refractivity contribution in [3.63, 3.8) is 0 Å². The quantitative estimate of drug-likeness (QED) is 0.121. The zero-order chi connectivity index (χ0) is 50.7. The molecule has 0 spiro atoms. The number of ether oxygens (including phenoxy) is 2.